The highest BCUT2D eigenvalue weighted by Gasteiger charge is 2.23. The number of hydrogen-bond acceptors (Lipinski definition) is 7. The number of thioether (sulfide) groups is 1. The highest BCUT2D eigenvalue weighted by atomic mass is 32.2. The maximum atomic E-state index is 13.9. The zero-order valence-electron chi connectivity index (χ0n) is 29.3. The topological polar surface area (TPSA) is 115 Å². The predicted octanol–water partition coefficient (Wildman–Crippen LogP) is 8.76. The van der Waals surface area contributed by atoms with Crippen LogP contribution in [-0.2, 0) is 9.59 Å². The maximum absolute atomic E-state index is 13.9. The van der Waals surface area contributed by atoms with Gasteiger partial charge in [0.1, 0.15) is 16.7 Å². The van der Waals surface area contributed by atoms with Crippen LogP contribution >= 0.6 is 11.8 Å². The van der Waals surface area contributed by atoms with E-state index in [1.54, 1.807) is 66.7 Å². The monoisotopic (exact) mass is 715 g/mol. The molecule has 1 unspecified atom stereocenters. The van der Waals surface area contributed by atoms with Crippen molar-refractivity contribution in [2.45, 2.75) is 29.9 Å². The summed E-state index contributed by atoms with van der Waals surface area (Å²) < 4.78 is 16.8. The molecule has 0 aliphatic carbocycles. The molecule has 0 spiro atoms. The summed E-state index contributed by atoms with van der Waals surface area (Å²) in [6.07, 6.45) is 3.56. The average molecular weight is 716 g/mol. The van der Waals surface area contributed by atoms with Gasteiger partial charge < -0.3 is 30.2 Å². The van der Waals surface area contributed by atoms with E-state index in [4.69, 9.17) is 14.2 Å². The molecular weight excluding hydrogens is 675 g/mol. The van der Waals surface area contributed by atoms with Gasteiger partial charge in [0.15, 0.2) is 11.5 Å². The van der Waals surface area contributed by atoms with Crippen molar-refractivity contribution in [2.75, 3.05) is 31.5 Å². The van der Waals surface area contributed by atoms with Crippen molar-refractivity contribution in [1.29, 1.82) is 0 Å². The third-order valence-electron chi connectivity index (χ3n) is 7.84. The molecule has 1 atom stereocenters. The van der Waals surface area contributed by atoms with Crippen LogP contribution in [0.25, 0.3) is 6.08 Å². The standard InChI is InChI=1S/C42H41N3O6S/c1-4-5-26-51-34-24-22-32(23-25-34)43-42(48)39(29-14-8-6-9-15-29)52-35-20-13-19-33(28-35)44-41(47)36(45-40(46)30-16-10-7-11-17-30)27-31-18-12-21-37(49-2)38(31)50-3/h6-25,27-28,39H,4-5,26H2,1-3H3,(H,43,48)(H,44,47)(H,45,46)/b36-27+. The minimum Gasteiger partial charge on any atom is -0.494 e. The number of benzene rings is 5. The van der Waals surface area contributed by atoms with Crippen molar-refractivity contribution in [3.05, 3.63) is 150 Å². The maximum Gasteiger partial charge on any atom is 0.272 e. The van der Waals surface area contributed by atoms with Crippen molar-refractivity contribution in [1.82, 2.24) is 5.32 Å². The smallest absolute Gasteiger partial charge is 0.272 e. The van der Waals surface area contributed by atoms with E-state index in [0.717, 1.165) is 29.1 Å². The summed E-state index contributed by atoms with van der Waals surface area (Å²) in [5.74, 6) is 0.412. The van der Waals surface area contributed by atoms with Gasteiger partial charge in [0.25, 0.3) is 11.8 Å². The Balaban J connectivity index is 1.37. The lowest BCUT2D eigenvalue weighted by Gasteiger charge is -2.18. The van der Waals surface area contributed by atoms with E-state index in [-0.39, 0.29) is 11.6 Å². The molecule has 266 valence electrons. The van der Waals surface area contributed by atoms with Gasteiger partial charge in [-0.25, -0.2) is 0 Å². The fraction of sp³-hybridized carbons (Fsp3) is 0.167. The van der Waals surface area contributed by atoms with E-state index < -0.39 is 17.1 Å². The summed E-state index contributed by atoms with van der Waals surface area (Å²) in [6.45, 7) is 2.76. The zero-order valence-corrected chi connectivity index (χ0v) is 30.1. The Morgan fingerprint density at radius 3 is 2.15 bits per heavy atom. The average Bonchev–Trinajstić information content (AvgIpc) is 3.18. The molecular formula is C42H41N3O6S. The van der Waals surface area contributed by atoms with Crippen LogP contribution in [-0.4, -0.2) is 38.5 Å². The number of amides is 3. The van der Waals surface area contributed by atoms with Crippen molar-refractivity contribution >= 4 is 46.9 Å². The second kappa shape index (κ2) is 18.8. The molecule has 5 aromatic rings. The van der Waals surface area contributed by atoms with Crippen LogP contribution in [0.1, 0.15) is 46.5 Å². The summed E-state index contributed by atoms with van der Waals surface area (Å²) in [6, 6.07) is 37.9. The van der Waals surface area contributed by atoms with Crippen molar-refractivity contribution in [3.63, 3.8) is 0 Å². The number of hydrogen-bond donors (Lipinski definition) is 3. The first kappa shape index (κ1) is 37.3. The van der Waals surface area contributed by atoms with E-state index in [1.807, 2.05) is 60.7 Å². The van der Waals surface area contributed by atoms with Crippen LogP contribution in [0.5, 0.6) is 17.2 Å². The van der Waals surface area contributed by atoms with Gasteiger partial charge in [-0.2, -0.15) is 0 Å². The van der Waals surface area contributed by atoms with Gasteiger partial charge in [0.2, 0.25) is 5.91 Å². The Bertz CT molecular complexity index is 1980. The molecule has 0 fully saturated rings. The quantitative estimate of drug-likeness (QED) is 0.0532. The third kappa shape index (κ3) is 10.3. The summed E-state index contributed by atoms with van der Waals surface area (Å²) in [4.78, 5) is 41.6. The number of nitrogens with one attached hydrogen (secondary N) is 3. The summed E-state index contributed by atoms with van der Waals surface area (Å²) in [5, 5.41) is 8.11. The van der Waals surface area contributed by atoms with Gasteiger partial charge in [-0.1, -0.05) is 80.1 Å². The van der Waals surface area contributed by atoms with Crippen molar-refractivity contribution < 1.29 is 28.6 Å². The highest BCUT2D eigenvalue weighted by molar-refractivity contribution is 8.00. The molecule has 3 N–H and O–H groups in total. The molecule has 0 radical (unpaired) electrons. The van der Waals surface area contributed by atoms with Crippen LogP contribution in [0.15, 0.2) is 138 Å². The van der Waals surface area contributed by atoms with E-state index >= 15 is 0 Å². The van der Waals surface area contributed by atoms with Crippen LogP contribution in [0.2, 0.25) is 0 Å². The fourth-order valence-electron chi connectivity index (χ4n) is 5.18. The Hall–Kier alpha value is -6.00. The second-order valence-electron chi connectivity index (χ2n) is 11.6. The first-order valence-electron chi connectivity index (χ1n) is 16.8. The number of anilines is 2. The molecule has 5 rings (SSSR count). The third-order valence-corrected chi connectivity index (χ3v) is 9.08. The lowest BCUT2D eigenvalue weighted by molar-refractivity contribution is -0.116. The Kier molecular flexibility index (Phi) is 13.5. The minimum absolute atomic E-state index is 0.0122. The molecule has 3 amide bonds. The number of rotatable bonds is 16. The highest BCUT2D eigenvalue weighted by Crippen LogP contribution is 2.37. The number of carbonyl (C=O) groups is 3. The molecule has 0 aliphatic rings. The van der Waals surface area contributed by atoms with Gasteiger partial charge >= 0.3 is 0 Å². The number of methoxy groups -OCH3 is 2. The minimum atomic E-state index is -0.603. The second-order valence-corrected chi connectivity index (χ2v) is 12.7. The number of para-hydroxylation sites is 1. The summed E-state index contributed by atoms with van der Waals surface area (Å²) in [5.41, 5.74) is 2.85. The molecule has 0 bridgehead atoms. The normalized spacial score (nSPS) is 11.6. The number of unbranched alkanes of at least 4 members (excludes halogenated alkanes) is 1. The van der Waals surface area contributed by atoms with Gasteiger partial charge in [-0.05, 0) is 78.7 Å². The van der Waals surface area contributed by atoms with E-state index in [2.05, 4.69) is 22.9 Å². The first-order valence-corrected chi connectivity index (χ1v) is 17.7. The van der Waals surface area contributed by atoms with Gasteiger partial charge in [-0.15, -0.1) is 11.8 Å². The van der Waals surface area contributed by atoms with Crippen molar-refractivity contribution in [3.8, 4) is 17.2 Å². The Morgan fingerprint density at radius 1 is 0.750 bits per heavy atom. The van der Waals surface area contributed by atoms with E-state index in [0.29, 0.717) is 40.6 Å². The number of ether oxygens (including phenoxy) is 3. The first-order chi connectivity index (χ1) is 25.4. The van der Waals surface area contributed by atoms with E-state index in [9.17, 15) is 14.4 Å². The van der Waals surface area contributed by atoms with Gasteiger partial charge in [-0.3, -0.25) is 14.4 Å². The molecule has 52 heavy (non-hydrogen) atoms. The molecule has 5 aromatic carbocycles. The van der Waals surface area contributed by atoms with Crippen LogP contribution in [0, 0.1) is 0 Å². The Morgan fingerprint density at radius 2 is 1.46 bits per heavy atom. The summed E-state index contributed by atoms with van der Waals surface area (Å²) in [7, 11) is 3.03. The number of carbonyl (C=O) groups excluding carboxylic acids is 3. The molecule has 0 saturated carbocycles. The largest absolute Gasteiger partial charge is 0.494 e. The zero-order chi connectivity index (χ0) is 36.7. The van der Waals surface area contributed by atoms with Gasteiger partial charge in [0.05, 0.1) is 20.8 Å². The molecule has 0 heterocycles. The van der Waals surface area contributed by atoms with Crippen LogP contribution in [0.4, 0.5) is 11.4 Å². The summed E-state index contributed by atoms with van der Waals surface area (Å²) >= 11 is 1.35. The van der Waals surface area contributed by atoms with Crippen LogP contribution in [0.3, 0.4) is 0 Å². The fourth-order valence-corrected chi connectivity index (χ4v) is 6.27. The lowest BCUT2D eigenvalue weighted by Crippen LogP contribution is -2.30. The van der Waals surface area contributed by atoms with Gasteiger partial charge in [0, 0.05) is 27.4 Å². The lowest BCUT2D eigenvalue weighted by atomic mass is 10.1. The van der Waals surface area contributed by atoms with E-state index in [1.165, 1.54) is 32.1 Å². The molecule has 0 saturated heterocycles. The van der Waals surface area contributed by atoms with Crippen LogP contribution < -0.4 is 30.2 Å². The molecule has 0 aromatic heterocycles. The Labute approximate surface area is 308 Å². The molecule has 0 aliphatic heterocycles. The SMILES string of the molecule is CCCCOc1ccc(NC(=O)C(Sc2cccc(NC(=O)/C(=C\c3cccc(OC)c3OC)NC(=O)c3ccccc3)c2)c2ccccc2)cc1. The molecule has 9 nitrogen and oxygen atoms in total. The van der Waals surface area contributed by atoms with Crippen molar-refractivity contribution in [2.24, 2.45) is 0 Å². The predicted molar refractivity (Wildman–Crippen MR) is 207 cm³/mol. The molecule has 10 heteroatoms.